The van der Waals surface area contributed by atoms with Gasteiger partial charge in [0.1, 0.15) is 11.5 Å². The second kappa shape index (κ2) is 10.0. The van der Waals surface area contributed by atoms with Gasteiger partial charge >= 0.3 is 5.97 Å². The number of methoxy groups -OCH3 is 1. The highest BCUT2D eigenvalue weighted by molar-refractivity contribution is 7.92. The summed E-state index contributed by atoms with van der Waals surface area (Å²) in [6.07, 6.45) is 4.39. The van der Waals surface area contributed by atoms with Gasteiger partial charge in [-0.1, -0.05) is 0 Å². The first-order valence-electron chi connectivity index (χ1n) is 10.4. The third kappa shape index (κ3) is 5.43. The topological polar surface area (TPSA) is 130 Å². The number of carbonyl (C=O) groups is 2. The van der Waals surface area contributed by atoms with Gasteiger partial charge in [0.05, 0.1) is 29.5 Å². The minimum Gasteiger partial charge on any atom is -0.465 e. The molecule has 0 fully saturated rings. The fourth-order valence-electron chi connectivity index (χ4n) is 3.66. The number of benzene rings is 1. The highest BCUT2D eigenvalue weighted by Crippen LogP contribution is 2.38. The molecular weight excluding hydrogens is 502 g/mol. The molecule has 186 valence electrons. The molecule has 1 aromatic carbocycles. The third-order valence-electron chi connectivity index (χ3n) is 5.40. The number of carbonyl (C=O) groups excluding carboxylic acids is 2. The number of amides is 1. The summed E-state index contributed by atoms with van der Waals surface area (Å²) in [5.74, 6) is -1.19. The first-order valence-corrected chi connectivity index (χ1v) is 14.5. The van der Waals surface area contributed by atoms with E-state index in [1.54, 1.807) is 0 Å². The minimum absolute atomic E-state index is 0.00830. The van der Waals surface area contributed by atoms with Gasteiger partial charge in [-0.05, 0) is 55.5 Å². The number of fused-ring (bicyclic) bond motifs is 1. The quantitative estimate of drug-likeness (QED) is 0.518. The van der Waals surface area contributed by atoms with Gasteiger partial charge in [-0.3, -0.25) is 9.10 Å². The summed E-state index contributed by atoms with van der Waals surface area (Å²) in [5, 5.41) is 3.01. The van der Waals surface area contributed by atoms with E-state index in [9.17, 15) is 26.4 Å². The van der Waals surface area contributed by atoms with Gasteiger partial charge in [-0.15, -0.1) is 11.3 Å². The summed E-state index contributed by atoms with van der Waals surface area (Å²) in [6.45, 7) is -0.554. The molecule has 1 amide bonds. The van der Waals surface area contributed by atoms with Crippen molar-refractivity contribution in [3.8, 4) is 0 Å². The summed E-state index contributed by atoms with van der Waals surface area (Å²) >= 11 is 1.30. The first-order chi connectivity index (χ1) is 15.9. The fourth-order valence-corrected chi connectivity index (χ4v) is 6.72. The first kappa shape index (κ1) is 26.1. The van der Waals surface area contributed by atoms with E-state index in [1.807, 2.05) is 0 Å². The normalized spacial score (nSPS) is 13.9. The highest BCUT2D eigenvalue weighted by atomic mass is 32.2. The van der Waals surface area contributed by atoms with E-state index in [4.69, 9.17) is 4.74 Å². The number of thiophene rings is 1. The number of rotatable bonds is 8. The molecule has 0 bridgehead atoms. The molecule has 0 atom stereocenters. The zero-order valence-corrected chi connectivity index (χ0v) is 21.8. The van der Waals surface area contributed by atoms with E-state index in [0.29, 0.717) is 17.0 Å². The molecule has 2 aromatic rings. The van der Waals surface area contributed by atoms with Crippen LogP contribution in [0.4, 0.5) is 10.7 Å². The Labute approximate surface area is 203 Å². The molecule has 0 unspecified atom stereocenters. The summed E-state index contributed by atoms with van der Waals surface area (Å²) in [5.41, 5.74) is 1.32. The van der Waals surface area contributed by atoms with Crippen LogP contribution in [0.5, 0.6) is 0 Å². The zero-order chi connectivity index (χ0) is 25.3. The van der Waals surface area contributed by atoms with E-state index in [-0.39, 0.29) is 10.6 Å². The maximum absolute atomic E-state index is 12.9. The second-order valence-corrected chi connectivity index (χ2v) is 13.2. The van der Waals surface area contributed by atoms with E-state index in [1.165, 1.54) is 56.8 Å². The summed E-state index contributed by atoms with van der Waals surface area (Å²) in [7, 11) is -3.52. The number of aryl methyl sites for hydroxylation is 1. The monoisotopic (exact) mass is 529 g/mol. The van der Waals surface area contributed by atoms with Crippen molar-refractivity contribution >= 4 is 53.9 Å². The lowest BCUT2D eigenvalue weighted by Gasteiger charge is -2.22. The number of nitrogens with one attached hydrogen (secondary N) is 1. The Balaban J connectivity index is 1.87. The van der Waals surface area contributed by atoms with E-state index < -0.39 is 38.5 Å². The average molecular weight is 530 g/mol. The van der Waals surface area contributed by atoms with Crippen LogP contribution in [0, 0.1) is 0 Å². The Kier molecular flexibility index (Phi) is 7.70. The molecule has 10 nitrogen and oxygen atoms in total. The molecule has 0 saturated heterocycles. The van der Waals surface area contributed by atoms with Crippen LogP contribution in [0.3, 0.4) is 0 Å². The van der Waals surface area contributed by atoms with Crippen molar-refractivity contribution in [3.05, 3.63) is 40.3 Å². The van der Waals surface area contributed by atoms with Crippen LogP contribution >= 0.6 is 11.3 Å². The van der Waals surface area contributed by atoms with Crippen LogP contribution in [0.15, 0.2) is 29.2 Å². The van der Waals surface area contributed by atoms with Crippen molar-refractivity contribution in [1.29, 1.82) is 0 Å². The van der Waals surface area contributed by atoms with Gasteiger partial charge < -0.3 is 10.1 Å². The van der Waals surface area contributed by atoms with Gasteiger partial charge in [0.2, 0.25) is 26.0 Å². The Morgan fingerprint density at radius 3 is 2.24 bits per heavy atom. The third-order valence-corrected chi connectivity index (χ3v) is 9.58. The van der Waals surface area contributed by atoms with Crippen LogP contribution < -0.4 is 9.62 Å². The number of ether oxygens (including phenoxy) is 1. The maximum atomic E-state index is 12.9. The van der Waals surface area contributed by atoms with Crippen LogP contribution in [-0.4, -0.2) is 67.0 Å². The predicted molar refractivity (Wildman–Crippen MR) is 130 cm³/mol. The van der Waals surface area contributed by atoms with Gasteiger partial charge in [-0.2, -0.15) is 0 Å². The molecule has 1 aliphatic rings. The fraction of sp³-hybridized carbons (Fsp3) is 0.429. The van der Waals surface area contributed by atoms with Crippen LogP contribution in [-0.2, 0) is 42.4 Å². The molecule has 0 aliphatic heterocycles. The Hall–Kier alpha value is -2.48. The molecular formula is C21H27N3O7S3. The lowest BCUT2D eigenvalue weighted by atomic mass is 9.95. The molecule has 0 radical (unpaired) electrons. The highest BCUT2D eigenvalue weighted by Gasteiger charge is 2.28. The van der Waals surface area contributed by atoms with Gasteiger partial charge in [0.25, 0.3) is 0 Å². The lowest BCUT2D eigenvalue weighted by Crippen LogP contribution is -2.37. The van der Waals surface area contributed by atoms with Crippen molar-refractivity contribution in [1.82, 2.24) is 4.31 Å². The van der Waals surface area contributed by atoms with Crippen LogP contribution in [0.2, 0.25) is 0 Å². The van der Waals surface area contributed by atoms with Crippen molar-refractivity contribution in [2.75, 3.05) is 43.6 Å². The molecule has 0 spiro atoms. The summed E-state index contributed by atoms with van der Waals surface area (Å²) in [4.78, 5) is 26.3. The second-order valence-electron chi connectivity index (χ2n) is 8.01. The molecule has 34 heavy (non-hydrogen) atoms. The molecule has 1 heterocycles. The maximum Gasteiger partial charge on any atom is 0.341 e. The standard InChI is InChI=1S/C21H27N3O7S3/c1-23(2)34(29,30)15-11-9-14(10-12-15)24(33(4,27)28)13-18(25)22-20-19(21(26)31-3)16-7-5-6-8-17(16)32-20/h9-12H,5-8,13H2,1-4H3,(H,22,25). The van der Waals surface area contributed by atoms with E-state index in [2.05, 4.69) is 5.32 Å². The smallest absolute Gasteiger partial charge is 0.341 e. The molecule has 13 heteroatoms. The predicted octanol–water partition coefficient (Wildman–Crippen LogP) is 2.07. The van der Waals surface area contributed by atoms with Gasteiger partial charge in [0.15, 0.2) is 0 Å². The molecule has 1 N–H and O–H groups in total. The largest absolute Gasteiger partial charge is 0.465 e. The van der Waals surface area contributed by atoms with Crippen molar-refractivity contribution in [3.63, 3.8) is 0 Å². The van der Waals surface area contributed by atoms with Gasteiger partial charge in [-0.25, -0.2) is 25.9 Å². The number of hydrogen-bond acceptors (Lipinski definition) is 8. The molecule has 1 aliphatic carbocycles. The Morgan fingerprint density at radius 2 is 1.68 bits per heavy atom. The van der Waals surface area contributed by atoms with Crippen LogP contribution in [0.25, 0.3) is 0 Å². The van der Waals surface area contributed by atoms with E-state index in [0.717, 1.165) is 44.6 Å². The number of sulfonamides is 2. The SMILES string of the molecule is COC(=O)c1c(NC(=O)CN(c2ccc(S(=O)(=O)N(C)C)cc2)S(C)(=O)=O)sc2c1CCCC2. The van der Waals surface area contributed by atoms with Crippen LogP contribution in [0.1, 0.15) is 33.6 Å². The number of nitrogens with zero attached hydrogens (tertiary/aromatic N) is 2. The van der Waals surface area contributed by atoms with Crippen molar-refractivity contribution in [2.24, 2.45) is 0 Å². The van der Waals surface area contributed by atoms with Gasteiger partial charge in [0, 0.05) is 19.0 Å². The number of esters is 1. The number of hydrogen-bond donors (Lipinski definition) is 1. The number of anilines is 2. The lowest BCUT2D eigenvalue weighted by molar-refractivity contribution is -0.114. The van der Waals surface area contributed by atoms with E-state index >= 15 is 0 Å². The summed E-state index contributed by atoms with van der Waals surface area (Å²) < 4.78 is 56.3. The summed E-state index contributed by atoms with van der Waals surface area (Å²) in [6, 6.07) is 5.22. The van der Waals surface area contributed by atoms with Crippen molar-refractivity contribution < 1.29 is 31.2 Å². The average Bonchev–Trinajstić information content (AvgIpc) is 3.13. The molecule has 0 saturated carbocycles. The Bertz CT molecular complexity index is 1300. The zero-order valence-electron chi connectivity index (χ0n) is 19.3. The Morgan fingerprint density at radius 1 is 1.06 bits per heavy atom. The van der Waals surface area contributed by atoms with Crippen molar-refractivity contribution in [2.45, 2.75) is 30.6 Å². The molecule has 1 aromatic heterocycles. The minimum atomic E-state index is -3.88. The molecule has 3 rings (SSSR count).